The number of rotatable bonds is 35. The monoisotopic (exact) mass is 578 g/mol. The van der Waals surface area contributed by atoms with E-state index in [0.717, 1.165) is 45.2 Å². The molecule has 0 aromatic carbocycles. The molecule has 0 aromatic rings. The van der Waals surface area contributed by atoms with E-state index in [2.05, 4.69) is 26.1 Å². The summed E-state index contributed by atoms with van der Waals surface area (Å²) >= 11 is 0. The Morgan fingerprint density at radius 3 is 0.976 bits per heavy atom. The van der Waals surface area contributed by atoms with Crippen LogP contribution in [0.15, 0.2) is 0 Å². The Labute approximate surface area is 258 Å². The molecule has 0 heterocycles. The lowest BCUT2D eigenvalue weighted by atomic mass is 9.89. The van der Waals surface area contributed by atoms with Gasteiger partial charge in [0.2, 0.25) is 0 Å². The minimum absolute atomic E-state index is 0.214. The number of unbranched alkanes of at least 4 members (excludes halogenated alkanes) is 24. The van der Waals surface area contributed by atoms with E-state index < -0.39 is 0 Å². The van der Waals surface area contributed by atoms with Gasteiger partial charge in [-0.1, -0.05) is 175 Å². The lowest BCUT2D eigenvalue weighted by molar-refractivity contribution is -0.133. The highest BCUT2D eigenvalue weighted by Crippen LogP contribution is 2.18. The van der Waals surface area contributed by atoms with Crippen molar-refractivity contribution in [3.63, 3.8) is 0 Å². The largest absolute Gasteiger partial charge is 0.317 e. The molecular formula is C38H75NO2. The highest BCUT2D eigenvalue weighted by atomic mass is 16.1. The maximum atomic E-state index is 13.0. The molecule has 0 spiro atoms. The molecular weight excluding hydrogens is 502 g/mol. The summed E-state index contributed by atoms with van der Waals surface area (Å²) in [6, 6.07) is 0. The van der Waals surface area contributed by atoms with Gasteiger partial charge in [-0.05, 0) is 38.8 Å². The standard InChI is InChI=1S/C38H75NO2/c1-4-7-9-11-13-15-17-19-21-23-25-27-29-31-37(40)36(33-35-39-34-6-3)38(41)32-30-28-26-24-22-20-18-16-14-12-10-8-5-2/h36,39H,4-35H2,1-3H3. The molecule has 0 rings (SSSR count). The van der Waals surface area contributed by atoms with Gasteiger partial charge in [0, 0.05) is 12.8 Å². The molecule has 0 radical (unpaired) electrons. The molecule has 0 saturated carbocycles. The Balaban J connectivity index is 3.95. The first kappa shape index (κ1) is 40.3. The number of carbonyl (C=O) groups is 2. The maximum Gasteiger partial charge on any atom is 0.143 e. The van der Waals surface area contributed by atoms with Crippen molar-refractivity contribution in [1.82, 2.24) is 5.32 Å². The summed E-state index contributed by atoms with van der Waals surface area (Å²) in [5.41, 5.74) is 0. The van der Waals surface area contributed by atoms with Crippen LogP contribution >= 0.6 is 0 Å². The van der Waals surface area contributed by atoms with Crippen LogP contribution in [0.2, 0.25) is 0 Å². The van der Waals surface area contributed by atoms with Gasteiger partial charge in [0.1, 0.15) is 11.6 Å². The van der Waals surface area contributed by atoms with E-state index in [1.807, 2.05) is 0 Å². The van der Waals surface area contributed by atoms with Crippen LogP contribution in [0.4, 0.5) is 0 Å². The Morgan fingerprint density at radius 1 is 0.390 bits per heavy atom. The lowest BCUT2D eigenvalue weighted by Crippen LogP contribution is -2.29. The Bertz CT molecular complexity index is 504. The second kappa shape index (κ2) is 33.8. The molecule has 0 fully saturated rings. The minimum atomic E-state index is -0.367. The van der Waals surface area contributed by atoms with Crippen LogP contribution in [-0.2, 0) is 9.59 Å². The fraction of sp³-hybridized carbons (Fsp3) is 0.947. The zero-order chi connectivity index (χ0) is 30.1. The molecule has 3 heteroatoms. The van der Waals surface area contributed by atoms with Crippen molar-refractivity contribution in [3.8, 4) is 0 Å². The van der Waals surface area contributed by atoms with Crippen molar-refractivity contribution in [2.45, 2.75) is 213 Å². The van der Waals surface area contributed by atoms with Gasteiger partial charge in [-0.2, -0.15) is 0 Å². The highest BCUT2D eigenvalue weighted by Gasteiger charge is 2.24. The van der Waals surface area contributed by atoms with Crippen molar-refractivity contribution < 1.29 is 9.59 Å². The molecule has 0 saturated heterocycles. The summed E-state index contributed by atoms with van der Waals surface area (Å²) in [6.07, 6.45) is 37.2. The molecule has 3 nitrogen and oxygen atoms in total. The first-order valence-corrected chi connectivity index (χ1v) is 18.9. The Morgan fingerprint density at radius 2 is 0.683 bits per heavy atom. The summed E-state index contributed by atoms with van der Waals surface area (Å²) < 4.78 is 0. The predicted octanol–water partition coefficient (Wildman–Crippen LogP) is 12.1. The third-order valence-corrected chi connectivity index (χ3v) is 8.87. The first-order chi connectivity index (χ1) is 20.2. The molecule has 41 heavy (non-hydrogen) atoms. The van der Waals surface area contributed by atoms with Gasteiger partial charge in [-0.3, -0.25) is 9.59 Å². The van der Waals surface area contributed by atoms with Gasteiger partial charge in [-0.15, -0.1) is 0 Å². The average Bonchev–Trinajstić information content (AvgIpc) is 2.97. The third-order valence-electron chi connectivity index (χ3n) is 8.87. The van der Waals surface area contributed by atoms with Crippen molar-refractivity contribution in [3.05, 3.63) is 0 Å². The van der Waals surface area contributed by atoms with Gasteiger partial charge in [0.05, 0.1) is 5.92 Å². The lowest BCUT2D eigenvalue weighted by Gasteiger charge is -2.15. The molecule has 0 aromatic heterocycles. The van der Waals surface area contributed by atoms with Crippen LogP contribution in [0, 0.1) is 5.92 Å². The molecule has 0 unspecified atom stereocenters. The van der Waals surface area contributed by atoms with Crippen LogP contribution < -0.4 is 5.32 Å². The summed E-state index contributed by atoms with van der Waals surface area (Å²) in [4.78, 5) is 26.1. The Hall–Kier alpha value is -0.700. The molecule has 0 aliphatic heterocycles. The fourth-order valence-electron chi connectivity index (χ4n) is 6.03. The second-order valence-electron chi connectivity index (χ2n) is 13.0. The molecule has 0 aliphatic rings. The van der Waals surface area contributed by atoms with E-state index in [9.17, 15) is 9.59 Å². The van der Waals surface area contributed by atoms with Crippen LogP contribution in [0.3, 0.4) is 0 Å². The SMILES string of the molecule is CCCCCCCCCCCCCCCC(=O)C(CCNCCC)C(=O)CCCCCCCCCCCCCCC. The zero-order valence-electron chi connectivity index (χ0n) is 28.5. The number of Topliss-reactive ketones (excluding diaryl/α,β-unsaturated/α-hetero) is 2. The summed E-state index contributed by atoms with van der Waals surface area (Å²) in [7, 11) is 0. The third kappa shape index (κ3) is 29.2. The summed E-state index contributed by atoms with van der Waals surface area (Å²) in [5, 5.41) is 3.41. The van der Waals surface area contributed by atoms with Crippen molar-refractivity contribution >= 4 is 11.6 Å². The number of nitrogens with one attached hydrogen (secondary N) is 1. The van der Waals surface area contributed by atoms with E-state index in [0.29, 0.717) is 19.3 Å². The molecule has 0 bridgehead atoms. The molecule has 0 aliphatic carbocycles. The predicted molar refractivity (Wildman–Crippen MR) is 182 cm³/mol. The van der Waals surface area contributed by atoms with Crippen molar-refractivity contribution in [2.24, 2.45) is 5.92 Å². The van der Waals surface area contributed by atoms with Crippen LogP contribution in [0.25, 0.3) is 0 Å². The van der Waals surface area contributed by atoms with Crippen LogP contribution in [0.5, 0.6) is 0 Å². The van der Waals surface area contributed by atoms with Crippen molar-refractivity contribution in [2.75, 3.05) is 13.1 Å². The van der Waals surface area contributed by atoms with E-state index in [-0.39, 0.29) is 17.5 Å². The van der Waals surface area contributed by atoms with E-state index in [4.69, 9.17) is 0 Å². The number of hydrogen-bond acceptors (Lipinski definition) is 3. The summed E-state index contributed by atoms with van der Waals surface area (Å²) in [6.45, 7) is 8.47. The molecule has 1 N–H and O–H groups in total. The minimum Gasteiger partial charge on any atom is -0.317 e. The van der Waals surface area contributed by atoms with E-state index in [1.165, 1.54) is 141 Å². The molecule has 0 amide bonds. The van der Waals surface area contributed by atoms with Crippen LogP contribution in [0.1, 0.15) is 213 Å². The van der Waals surface area contributed by atoms with Crippen LogP contribution in [-0.4, -0.2) is 24.7 Å². The Kier molecular flexibility index (Phi) is 33.2. The molecule has 244 valence electrons. The zero-order valence-corrected chi connectivity index (χ0v) is 28.5. The van der Waals surface area contributed by atoms with Crippen molar-refractivity contribution in [1.29, 1.82) is 0 Å². The van der Waals surface area contributed by atoms with Gasteiger partial charge in [0.15, 0.2) is 0 Å². The highest BCUT2D eigenvalue weighted by molar-refractivity contribution is 6.02. The van der Waals surface area contributed by atoms with Gasteiger partial charge >= 0.3 is 0 Å². The van der Waals surface area contributed by atoms with E-state index in [1.54, 1.807) is 0 Å². The number of carbonyl (C=O) groups excluding carboxylic acids is 2. The fourth-order valence-corrected chi connectivity index (χ4v) is 6.03. The topological polar surface area (TPSA) is 46.2 Å². The number of hydrogen-bond donors (Lipinski definition) is 1. The summed E-state index contributed by atoms with van der Waals surface area (Å²) in [5.74, 6) is 0.0612. The van der Waals surface area contributed by atoms with Gasteiger partial charge in [-0.25, -0.2) is 0 Å². The first-order valence-electron chi connectivity index (χ1n) is 18.9. The quantitative estimate of drug-likeness (QED) is 0.0602. The van der Waals surface area contributed by atoms with Gasteiger partial charge in [0.25, 0.3) is 0 Å². The number of ketones is 2. The normalized spacial score (nSPS) is 11.5. The molecule has 0 atom stereocenters. The maximum absolute atomic E-state index is 13.0. The van der Waals surface area contributed by atoms with Gasteiger partial charge < -0.3 is 5.32 Å². The average molecular weight is 578 g/mol. The van der Waals surface area contributed by atoms with E-state index >= 15 is 0 Å². The second-order valence-corrected chi connectivity index (χ2v) is 13.0. The smallest absolute Gasteiger partial charge is 0.143 e.